The zero-order valence-corrected chi connectivity index (χ0v) is 17.3. The zero-order chi connectivity index (χ0) is 18.8. The van der Waals surface area contributed by atoms with Crippen LogP contribution in [0, 0.1) is 0 Å². The fourth-order valence-corrected chi connectivity index (χ4v) is 4.22. The standard InChI is InChI=1S/C17H11Br2NO5S/c1-8(21)20-10-2-3-11-9(4-15(22)25-13(11)5-10)7-24-17(23)14-6-12(18)16(19)26-14/h2-6H,7H2,1H3,(H,20,21). The maximum atomic E-state index is 12.2. The van der Waals surface area contributed by atoms with E-state index in [1.54, 1.807) is 24.3 Å². The Bertz CT molecular complexity index is 1050. The molecule has 0 spiro atoms. The van der Waals surface area contributed by atoms with Crippen molar-refractivity contribution in [1.29, 1.82) is 0 Å². The van der Waals surface area contributed by atoms with Crippen LogP contribution in [0.15, 0.2) is 47.8 Å². The quantitative estimate of drug-likeness (QED) is 0.414. The molecule has 2 heterocycles. The van der Waals surface area contributed by atoms with E-state index >= 15 is 0 Å². The number of benzene rings is 1. The van der Waals surface area contributed by atoms with Crippen molar-refractivity contribution in [3.63, 3.8) is 0 Å². The number of ether oxygens (including phenoxy) is 1. The number of thiophene rings is 1. The van der Waals surface area contributed by atoms with Gasteiger partial charge in [0.15, 0.2) is 0 Å². The summed E-state index contributed by atoms with van der Waals surface area (Å²) in [4.78, 5) is 35.6. The first-order valence-electron chi connectivity index (χ1n) is 7.30. The van der Waals surface area contributed by atoms with Gasteiger partial charge in [0, 0.05) is 40.2 Å². The number of nitrogens with one attached hydrogen (secondary N) is 1. The molecule has 0 aliphatic heterocycles. The topological polar surface area (TPSA) is 85.6 Å². The van der Waals surface area contributed by atoms with Crippen molar-refractivity contribution in [2.24, 2.45) is 0 Å². The summed E-state index contributed by atoms with van der Waals surface area (Å²) in [6.07, 6.45) is 0. The summed E-state index contributed by atoms with van der Waals surface area (Å²) in [6.45, 7) is 1.31. The van der Waals surface area contributed by atoms with Gasteiger partial charge in [-0.1, -0.05) is 0 Å². The van der Waals surface area contributed by atoms with Crippen molar-refractivity contribution >= 4 is 71.7 Å². The summed E-state index contributed by atoms with van der Waals surface area (Å²) < 4.78 is 12.1. The van der Waals surface area contributed by atoms with Crippen molar-refractivity contribution in [3.8, 4) is 0 Å². The van der Waals surface area contributed by atoms with Gasteiger partial charge in [0.1, 0.15) is 17.1 Å². The van der Waals surface area contributed by atoms with Gasteiger partial charge in [0.2, 0.25) is 5.91 Å². The summed E-state index contributed by atoms with van der Waals surface area (Å²) in [5, 5.41) is 3.25. The second kappa shape index (κ2) is 7.73. The van der Waals surface area contributed by atoms with E-state index in [1.807, 2.05) is 0 Å². The molecule has 2 aromatic heterocycles. The molecule has 3 aromatic rings. The first-order valence-corrected chi connectivity index (χ1v) is 9.70. The molecule has 134 valence electrons. The van der Waals surface area contributed by atoms with Crippen LogP contribution in [0.25, 0.3) is 11.0 Å². The van der Waals surface area contributed by atoms with Gasteiger partial charge < -0.3 is 14.5 Å². The Hall–Kier alpha value is -1.97. The number of fused-ring (bicyclic) bond motifs is 1. The van der Waals surface area contributed by atoms with Crippen molar-refractivity contribution in [2.75, 3.05) is 5.32 Å². The monoisotopic (exact) mass is 499 g/mol. The van der Waals surface area contributed by atoms with E-state index in [9.17, 15) is 14.4 Å². The normalized spacial score (nSPS) is 10.7. The minimum Gasteiger partial charge on any atom is -0.457 e. The molecule has 6 nitrogen and oxygen atoms in total. The number of rotatable bonds is 4. The molecule has 9 heteroatoms. The predicted octanol–water partition coefficient (Wildman–Crippen LogP) is 4.69. The largest absolute Gasteiger partial charge is 0.457 e. The summed E-state index contributed by atoms with van der Waals surface area (Å²) in [7, 11) is 0. The van der Waals surface area contributed by atoms with Gasteiger partial charge in [-0.05, 0) is 50.1 Å². The molecule has 0 saturated heterocycles. The molecular formula is C17H11Br2NO5S. The predicted molar refractivity (Wildman–Crippen MR) is 106 cm³/mol. The van der Waals surface area contributed by atoms with Gasteiger partial charge in [-0.3, -0.25) is 4.79 Å². The average Bonchev–Trinajstić information content (AvgIpc) is 2.90. The van der Waals surface area contributed by atoms with Crippen LogP contribution in [0.2, 0.25) is 0 Å². The van der Waals surface area contributed by atoms with Crippen molar-refractivity contribution in [1.82, 2.24) is 0 Å². The Balaban J connectivity index is 1.86. The summed E-state index contributed by atoms with van der Waals surface area (Å²) in [5.41, 5.74) is 0.769. The van der Waals surface area contributed by atoms with Crippen LogP contribution in [0.5, 0.6) is 0 Å². The van der Waals surface area contributed by atoms with Gasteiger partial charge >= 0.3 is 11.6 Å². The molecule has 0 unspecified atom stereocenters. The second-order valence-corrected chi connectivity index (χ2v) is 8.52. The third-order valence-corrected chi connectivity index (χ3v) is 6.59. The number of carbonyl (C=O) groups is 2. The number of carbonyl (C=O) groups excluding carboxylic acids is 2. The van der Waals surface area contributed by atoms with Gasteiger partial charge in [-0.25, -0.2) is 9.59 Å². The van der Waals surface area contributed by atoms with Crippen LogP contribution in [0.1, 0.15) is 22.2 Å². The molecule has 0 radical (unpaired) electrons. The number of halogens is 2. The van der Waals surface area contributed by atoms with Gasteiger partial charge in [0.05, 0.1) is 3.79 Å². The van der Waals surface area contributed by atoms with Gasteiger partial charge in [-0.15, -0.1) is 11.3 Å². The number of hydrogen-bond acceptors (Lipinski definition) is 6. The first-order chi connectivity index (χ1) is 12.3. The number of hydrogen-bond donors (Lipinski definition) is 1. The minimum absolute atomic E-state index is 0.0758. The molecular weight excluding hydrogens is 490 g/mol. The molecule has 0 saturated carbocycles. The molecule has 1 amide bonds. The zero-order valence-electron chi connectivity index (χ0n) is 13.3. The molecule has 0 fully saturated rings. The highest BCUT2D eigenvalue weighted by Crippen LogP contribution is 2.33. The third kappa shape index (κ3) is 4.22. The van der Waals surface area contributed by atoms with E-state index in [0.717, 1.165) is 8.26 Å². The molecule has 0 aliphatic carbocycles. The number of esters is 1. The lowest BCUT2D eigenvalue weighted by atomic mass is 10.1. The summed E-state index contributed by atoms with van der Waals surface area (Å²) >= 11 is 7.89. The lowest BCUT2D eigenvalue weighted by Crippen LogP contribution is -2.08. The van der Waals surface area contributed by atoms with Crippen LogP contribution < -0.4 is 10.9 Å². The SMILES string of the molecule is CC(=O)Nc1ccc2c(COC(=O)c3cc(Br)c(Br)s3)cc(=O)oc2c1. The second-order valence-electron chi connectivity index (χ2n) is 5.29. The molecule has 26 heavy (non-hydrogen) atoms. The van der Waals surface area contributed by atoms with Crippen molar-refractivity contribution in [2.45, 2.75) is 13.5 Å². The van der Waals surface area contributed by atoms with Crippen molar-refractivity contribution in [3.05, 3.63) is 59.5 Å². The number of amides is 1. The average molecular weight is 501 g/mol. The maximum absolute atomic E-state index is 12.2. The van der Waals surface area contributed by atoms with E-state index in [2.05, 4.69) is 37.2 Å². The Morgan fingerprint density at radius 2 is 2.00 bits per heavy atom. The molecule has 1 aromatic carbocycles. The minimum atomic E-state index is -0.565. The Morgan fingerprint density at radius 1 is 1.23 bits per heavy atom. The molecule has 0 aliphatic rings. The van der Waals surface area contributed by atoms with Crippen LogP contribution in [-0.2, 0) is 16.1 Å². The Labute approximate surface area is 168 Å². The fraction of sp³-hybridized carbons (Fsp3) is 0.118. The van der Waals surface area contributed by atoms with E-state index in [1.165, 1.54) is 24.3 Å². The van der Waals surface area contributed by atoms with E-state index in [4.69, 9.17) is 9.15 Å². The Morgan fingerprint density at radius 3 is 2.65 bits per heavy atom. The van der Waals surface area contributed by atoms with Gasteiger partial charge in [0.25, 0.3) is 0 Å². The fourth-order valence-electron chi connectivity index (χ4n) is 2.29. The number of anilines is 1. The molecule has 1 N–H and O–H groups in total. The van der Waals surface area contributed by atoms with Crippen molar-refractivity contribution < 1.29 is 18.7 Å². The lowest BCUT2D eigenvalue weighted by Gasteiger charge is -2.08. The molecule has 0 atom stereocenters. The van der Waals surface area contributed by atoms with Crippen LogP contribution in [-0.4, -0.2) is 11.9 Å². The maximum Gasteiger partial charge on any atom is 0.348 e. The Kier molecular flexibility index (Phi) is 5.59. The highest BCUT2D eigenvalue weighted by atomic mass is 79.9. The highest BCUT2D eigenvalue weighted by molar-refractivity contribution is 9.13. The van der Waals surface area contributed by atoms with Crippen LogP contribution in [0.4, 0.5) is 5.69 Å². The molecule has 3 rings (SSSR count). The van der Waals surface area contributed by atoms with Crippen LogP contribution >= 0.6 is 43.2 Å². The summed E-state index contributed by atoms with van der Waals surface area (Å²) in [5.74, 6) is -0.720. The third-order valence-electron chi connectivity index (χ3n) is 3.36. The molecule has 0 bridgehead atoms. The van der Waals surface area contributed by atoms with E-state index in [-0.39, 0.29) is 12.5 Å². The van der Waals surface area contributed by atoms with Crippen LogP contribution in [0.3, 0.4) is 0 Å². The van der Waals surface area contributed by atoms with E-state index in [0.29, 0.717) is 27.1 Å². The first kappa shape index (κ1) is 18.8. The van der Waals surface area contributed by atoms with E-state index < -0.39 is 11.6 Å². The highest BCUT2D eigenvalue weighted by Gasteiger charge is 2.15. The summed E-state index contributed by atoms with van der Waals surface area (Å²) in [6, 6.07) is 7.88. The lowest BCUT2D eigenvalue weighted by molar-refractivity contribution is -0.114. The van der Waals surface area contributed by atoms with Gasteiger partial charge in [-0.2, -0.15) is 0 Å². The smallest absolute Gasteiger partial charge is 0.348 e.